The van der Waals surface area contributed by atoms with Crippen LogP contribution in [-0.2, 0) is 4.74 Å². The van der Waals surface area contributed by atoms with Crippen LogP contribution in [0.5, 0.6) is 5.75 Å². The van der Waals surface area contributed by atoms with Crippen LogP contribution in [0.3, 0.4) is 0 Å². The number of hydrogen-bond donors (Lipinski definition) is 2. The van der Waals surface area contributed by atoms with Crippen molar-refractivity contribution in [2.45, 2.75) is 32.4 Å². The van der Waals surface area contributed by atoms with E-state index in [0.29, 0.717) is 6.61 Å². The molecule has 2 unspecified atom stereocenters. The number of nitrogens with two attached hydrogens (primary N) is 1. The number of nitrogens with one attached hydrogen (secondary N) is 1. The third kappa shape index (κ3) is 4.41. The van der Waals surface area contributed by atoms with E-state index in [1.54, 1.807) is 0 Å². The molecule has 1 aliphatic heterocycles. The first-order valence-electron chi connectivity index (χ1n) is 7.81. The quantitative estimate of drug-likeness (QED) is 0.592. The third-order valence-corrected chi connectivity index (χ3v) is 3.80. The lowest BCUT2D eigenvalue weighted by atomic mass is 10.00. The molecule has 0 bridgehead atoms. The Morgan fingerprint density at radius 1 is 1.48 bits per heavy atom. The molecule has 0 saturated carbocycles. The summed E-state index contributed by atoms with van der Waals surface area (Å²) in [6.45, 7) is 8.62. The van der Waals surface area contributed by atoms with Gasteiger partial charge < -0.3 is 9.47 Å². The molecule has 0 radical (unpaired) electrons. The fourth-order valence-corrected chi connectivity index (χ4v) is 2.84. The zero-order chi connectivity index (χ0) is 15.1. The van der Waals surface area contributed by atoms with Crippen LogP contribution in [0.1, 0.15) is 31.9 Å². The average molecular weight is 293 g/mol. The first-order chi connectivity index (χ1) is 10.3. The highest BCUT2D eigenvalue weighted by atomic mass is 16.5. The second kappa shape index (κ2) is 8.34. The number of hydrazine groups is 1. The first kappa shape index (κ1) is 16.2. The van der Waals surface area contributed by atoms with Crippen molar-refractivity contribution < 1.29 is 9.47 Å². The molecule has 1 fully saturated rings. The Bertz CT molecular complexity index is 426. The minimum atomic E-state index is -0.0231. The molecule has 2 atom stereocenters. The van der Waals surface area contributed by atoms with Crippen molar-refractivity contribution in [1.82, 2.24) is 10.3 Å². The van der Waals surface area contributed by atoms with Crippen molar-refractivity contribution in [3.8, 4) is 5.75 Å². The Morgan fingerprint density at radius 3 is 3.05 bits per heavy atom. The standard InChI is InChI=1S/C16H27N3O2/c1-3-8-19-9-10-21-15(12-19)16(18-17)13-6-5-7-14(11-13)20-4-2/h5-7,11,15-16,18H,3-4,8-10,12,17H2,1-2H3. The summed E-state index contributed by atoms with van der Waals surface area (Å²) >= 11 is 0. The maximum Gasteiger partial charge on any atom is 0.119 e. The van der Waals surface area contributed by atoms with Gasteiger partial charge in [0, 0.05) is 13.1 Å². The SMILES string of the molecule is CCCN1CCOC(C(NN)c2cccc(OCC)c2)C1. The van der Waals surface area contributed by atoms with E-state index in [9.17, 15) is 0 Å². The Morgan fingerprint density at radius 2 is 2.33 bits per heavy atom. The number of benzene rings is 1. The number of morpholine rings is 1. The van der Waals surface area contributed by atoms with Crippen molar-refractivity contribution in [2.75, 3.05) is 32.8 Å². The summed E-state index contributed by atoms with van der Waals surface area (Å²) in [4.78, 5) is 2.44. The van der Waals surface area contributed by atoms with Crippen LogP contribution in [-0.4, -0.2) is 43.9 Å². The summed E-state index contributed by atoms with van der Waals surface area (Å²) < 4.78 is 11.5. The van der Waals surface area contributed by atoms with Crippen molar-refractivity contribution in [3.05, 3.63) is 29.8 Å². The highest BCUT2D eigenvalue weighted by Crippen LogP contribution is 2.25. The predicted molar refractivity (Wildman–Crippen MR) is 84.1 cm³/mol. The molecular weight excluding hydrogens is 266 g/mol. The van der Waals surface area contributed by atoms with Crippen LogP contribution in [0.2, 0.25) is 0 Å². The van der Waals surface area contributed by atoms with E-state index in [-0.39, 0.29) is 12.1 Å². The smallest absolute Gasteiger partial charge is 0.119 e. The van der Waals surface area contributed by atoms with Crippen molar-refractivity contribution in [3.63, 3.8) is 0 Å². The minimum absolute atomic E-state index is 0.0231. The van der Waals surface area contributed by atoms with E-state index in [1.165, 1.54) is 0 Å². The summed E-state index contributed by atoms with van der Waals surface area (Å²) in [6, 6.07) is 8.04. The van der Waals surface area contributed by atoms with E-state index in [2.05, 4.69) is 23.3 Å². The maximum atomic E-state index is 5.94. The molecule has 3 N–H and O–H groups in total. The Balaban J connectivity index is 2.09. The monoisotopic (exact) mass is 293 g/mol. The number of nitrogens with zero attached hydrogens (tertiary/aromatic N) is 1. The topological polar surface area (TPSA) is 59.8 Å². The van der Waals surface area contributed by atoms with Gasteiger partial charge in [-0.2, -0.15) is 0 Å². The van der Waals surface area contributed by atoms with Gasteiger partial charge in [-0.15, -0.1) is 0 Å². The van der Waals surface area contributed by atoms with Gasteiger partial charge in [-0.3, -0.25) is 16.2 Å². The molecule has 0 amide bonds. The molecule has 1 saturated heterocycles. The summed E-state index contributed by atoms with van der Waals surface area (Å²) in [7, 11) is 0. The molecule has 0 aliphatic carbocycles. The van der Waals surface area contributed by atoms with Gasteiger partial charge in [-0.1, -0.05) is 19.1 Å². The lowest BCUT2D eigenvalue weighted by Crippen LogP contribution is -2.49. The fourth-order valence-electron chi connectivity index (χ4n) is 2.84. The van der Waals surface area contributed by atoms with Gasteiger partial charge in [0.1, 0.15) is 5.75 Å². The summed E-state index contributed by atoms with van der Waals surface area (Å²) in [5.74, 6) is 6.66. The molecule has 2 rings (SSSR count). The molecule has 21 heavy (non-hydrogen) atoms. The first-order valence-corrected chi connectivity index (χ1v) is 7.81. The highest BCUT2D eigenvalue weighted by molar-refractivity contribution is 5.31. The number of hydrogen-bond acceptors (Lipinski definition) is 5. The lowest BCUT2D eigenvalue weighted by Gasteiger charge is -2.36. The Labute approximate surface area is 127 Å². The predicted octanol–water partition coefficient (Wildman–Crippen LogP) is 1.70. The van der Waals surface area contributed by atoms with Gasteiger partial charge >= 0.3 is 0 Å². The van der Waals surface area contributed by atoms with E-state index < -0.39 is 0 Å². The van der Waals surface area contributed by atoms with Gasteiger partial charge in [0.25, 0.3) is 0 Å². The van der Waals surface area contributed by atoms with E-state index in [4.69, 9.17) is 15.3 Å². The largest absolute Gasteiger partial charge is 0.494 e. The normalized spacial score (nSPS) is 21.2. The third-order valence-electron chi connectivity index (χ3n) is 3.80. The molecular formula is C16H27N3O2. The molecule has 1 aromatic rings. The zero-order valence-corrected chi connectivity index (χ0v) is 13.0. The van der Waals surface area contributed by atoms with Crippen LogP contribution in [0.15, 0.2) is 24.3 Å². The second-order valence-electron chi connectivity index (χ2n) is 5.36. The van der Waals surface area contributed by atoms with Gasteiger partial charge in [-0.25, -0.2) is 0 Å². The molecule has 5 heteroatoms. The molecule has 5 nitrogen and oxygen atoms in total. The van der Waals surface area contributed by atoms with E-state index in [1.807, 2.05) is 25.1 Å². The minimum Gasteiger partial charge on any atom is -0.494 e. The van der Waals surface area contributed by atoms with Crippen molar-refractivity contribution >= 4 is 0 Å². The van der Waals surface area contributed by atoms with Gasteiger partial charge in [0.15, 0.2) is 0 Å². The summed E-state index contributed by atoms with van der Waals surface area (Å²) in [5.41, 5.74) is 4.02. The second-order valence-corrected chi connectivity index (χ2v) is 5.36. The molecule has 1 heterocycles. The molecule has 0 spiro atoms. The van der Waals surface area contributed by atoms with Crippen molar-refractivity contribution in [2.24, 2.45) is 5.84 Å². The summed E-state index contributed by atoms with van der Waals surface area (Å²) in [5, 5.41) is 0. The zero-order valence-electron chi connectivity index (χ0n) is 13.0. The van der Waals surface area contributed by atoms with Gasteiger partial charge in [0.2, 0.25) is 0 Å². The highest BCUT2D eigenvalue weighted by Gasteiger charge is 2.28. The molecule has 118 valence electrons. The lowest BCUT2D eigenvalue weighted by molar-refractivity contribution is -0.0471. The number of rotatable bonds is 7. The summed E-state index contributed by atoms with van der Waals surface area (Å²) in [6.07, 6.45) is 1.22. The van der Waals surface area contributed by atoms with Crippen LogP contribution in [0.25, 0.3) is 0 Å². The van der Waals surface area contributed by atoms with E-state index >= 15 is 0 Å². The average Bonchev–Trinajstić information content (AvgIpc) is 2.50. The Kier molecular flexibility index (Phi) is 6.45. The fraction of sp³-hybridized carbons (Fsp3) is 0.625. The maximum absolute atomic E-state index is 5.94. The van der Waals surface area contributed by atoms with Crippen LogP contribution in [0.4, 0.5) is 0 Å². The van der Waals surface area contributed by atoms with Gasteiger partial charge in [-0.05, 0) is 37.6 Å². The van der Waals surface area contributed by atoms with Crippen LogP contribution in [0, 0.1) is 0 Å². The van der Waals surface area contributed by atoms with Crippen molar-refractivity contribution in [1.29, 1.82) is 0 Å². The van der Waals surface area contributed by atoms with E-state index in [0.717, 1.165) is 44.0 Å². The Hall–Kier alpha value is -1.14. The van der Waals surface area contributed by atoms with Crippen LogP contribution >= 0.6 is 0 Å². The molecule has 1 aromatic carbocycles. The van der Waals surface area contributed by atoms with Crippen LogP contribution < -0.4 is 16.0 Å². The molecule has 1 aliphatic rings. The molecule has 0 aromatic heterocycles. The van der Waals surface area contributed by atoms with Gasteiger partial charge in [0.05, 0.1) is 25.4 Å². The number of ether oxygens (including phenoxy) is 2.